The average molecular weight is 290 g/mol. The second-order valence-corrected chi connectivity index (χ2v) is 5.34. The number of ether oxygens (including phenoxy) is 1. The molecule has 1 aromatic carbocycles. The second-order valence-electron chi connectivity index (χ2n) is 5.08. The van der Waals surface area contributed by atoms with Crippen molar-refractivity contribution in [2.24, 2.45) is 0 Å². The van der Waals surface area contributed by atoms with Crippen LogP contribution in [0.5, 0.6) is 5.75 Å². The molecular weight excluding hydrogens is 274 g/mol. The first-order valence-corrected chi connectivity index (χ1v) is 7.16. The predicted molar refractivity (Wildman–Crippen MR) is 79.0 cm³/mol. The summed E-state index contributed by atoms with van der Waals surface area (Å²) in [5.41, 5.74) is 3.89. The summed E-state index contributed by atoms with van der Waals surface area (Å²) < 4.78 is 7.91. The lowest BCUT2D eigenvalue weighted by molar-refractivity contribution is 0.102. The van der Waals surface area contributed by atoms with Crippen LogP contribution in [0.15, 0.2) is 30.3 Å². The van der Waals surface area contributed by atoms with E-state index in [0.717, 1.165) is 17.1 Å². The summed E-state index contributed by atoms with van der Waals surface area (Å²) in [6.07, 6.45) is 0. The van der Waals surface area contributed by atoms with E-state index in [1.165, 1.54) is 5.56 Å². The molecule has 4 heteroatoms. The lowest BCUT2D eigenvalue weighted by atomic mass is 10.1. The van der Waals surface area contributed by atoms with Gasteiger partial charge < -0.3 is 9.30 Å². The summed E-state index contributed by atoms with van der Waals surface area (Å²) in [5, 5.41) is 0. The maximum Gasteiger partial charge on any atom is 0.179 e. The van der Waals surface area contributed by atoms with E-state index in [9.17, 15) is 4.79 Å². The van der Waals surface area contributed by atoms with Gasteiger partial charge >= 0.3 is 0 Å². The number of hydrogen-bond donors (Lipinski definition) is 0. The monoisotopic (exact) mass is 289 g/mol. The number of hydrogen-bond acceptors (Lipinski definition) is 2. The Morgan fingerprint density at radius 2 is 2.15 bits per heavy atom. The molecule has 0 saturated carbocycles. The van der Waals surface area contributed by atoms with Crippen molar-refractivity contribution >= 4 is 17.4 Å². The van der Waals surface area contributed by atoms with E-state index < -0.39 is 0 Å². The fourth-order valence-electron chi connectivity index (χ4n) is 2.97. The third kappa shape index (κ3) is 1.93. The first kappa shape index (κ1) is 13.3. The standard InChI is InChI=1S/C16H16ClNO2/c1-10-7-13(15(19)8-17)11(2)18(10)14-9-20-16-6-4-3-5-12(14)16/h3-7,14H,8-9H2,1-2H3. The van der Waals surface area contributed by atoms with E-state index in [0.29, 0.717) is 12.2 Å². The zero-order chi connectivity index (χ0) is 14.3. The van der Waals surface area contributed by atoms with Gasteiger partial charge in [0.2, 0.25) is 0 Å². The number of carbonyl (C=O) groups excluding carboxylic acids is 1. The van der Waals surface area contributed by atoms with E-state index in [4.69, 9.17) is 16.3 Å². The molecule has 3 rings (SSSR count). The van der Waals surface area contributed by atoms with Crippen LogP contribution >= 0.6 is 11.6 Å². The Morgan fingerprint density at radius 1 is 1.40 bits per heavy atom. The fourth-order valence-corrected chi connectivity index (χ4v) is 3.11. The predicted octanol–water partition coefficient (Wildman–Crippen LogP) is 3.51. The van der Waals surface area contributed by atoms with Gasteiger partial charge in [0.1, 0.15) is 12.4 Å². The molecule has 0 bridgehead atoms. The molecular formula is C16H16ClNO2. The highest BCUT2D eigenvalue weighted by atomic mass is 35.5. The first-order valence-electron chi connectivity index (χ1n) is 6.62. The Kier molecular flexibility index (Phi) is 3.30. The van der Waals surface area contributed by atoms with Crippen molar-refractivity contribution in [1.82, 2.24) is 4.57 Å². The molecule has 0 N–H and O–H groups in total. The molecule has 1 aliphatic heterocycles. The molecule has 1 atom stereocenters. The molecule has 104 valence electrons. The highest BCUT2D eigenvalue weighted by Crippen LogP contribution is 2.37. The van der Waals surface area contributed by atoms with Crippen LogP contribution in [0.2, 0.25) is 0 Å². The minimum Gasteiger partial charge on any atom is -0.491 e. The summed E-state index contributed by atoms with van der Waals surface area (Å²) in [7, 11) is 0. The lowest BCUT2D eigenvalue weighted by Gasteiger charge is -2.17. The van der Waals surface area contributed by atoms with Crippen LogP contribution in [0, 0.1) is 13.8 Å². The Balaban J connectivity index is 2.09. The molecule has 0 fully saturated rings. The Hall–Kier alpha value is -1.74. The molecule has 0 aliphatic carbocycles. The Morgan fingerprint density at radius 3 is 2.90 bits per heavy atom. The van der Waals surface area contributed by atoms with Gasteiger partial charge in [-0.3, -0.25) is 4.79 Å². The molecule has 1 aliphatic rings. The highest BCUT2D eigenvalue weighted by molar-refractivity contribution is 6.30. The summed E-state index contributed by atoms with van der Waals surface area (Å²) >= 11 is 5.68. The molecule has 1 aromatic heterocycles. The summed E-state index contributed by atoms with van der Waals surface area (Å²) in [6, 6.07) is 10.1. The maximum atomic E-state index is 11.9. The number of carbonyl (C=O) groups is 1. The molecule has 0 saturated heterocycles. The van der Waals surface area contributed by atoms with Crippen LogP contribution in [0.25, 0.3) is 0 Å². The molecule has 0 radical (unpaired) electrons. The summed E-state index contributed by atoms with van der Waals surface area (Å²) in [4.78, 5) is 11.9. The first-order chi connectivity index (χ1) is 9.63. The number of halogens is 1. The van der Waals surface area contributed by atoms with Gasteiger partial charge in [-0.15, -0.1) is 11.6 Å². The van der Waals surface area contributed by atoms with Crippen molar-refractivity contribution in [3.8, 4) is 5.75 Å². The number of rotatable bonds is 3. The van der Waals surface area contributed by atoms with Crippen LogP contribution in [-0.4, -0.2) is 22.8 Å². The number of Topliss-reactive ketones (excluding diaryl/α,β-unsaturated/α-hetero) is 1. The number of aryl methyl sites for hydroxylation is 1. The zero-order valence-electron chi connectivity index (χ0n) is 11.5. The van der Waals surface area contributed by atoms with Crippen molar-refractivity contribution in [2.75, 3.05) is 12.5 Å². The van der Waals surface area contributed by atoms with Crippen molar-refractivity contribution < 1.29 is 9.53 Å². The van der Waals surface area contributed by atoms with E-state index in [-0.39, 0.29) is 17.7 Å². The van der Waals surface area contributed by atoms with Crippen molar-refractivity contribution in [3.05, 3.63) is 52.8 Å². The van der Waals surface area contributed by atoms with Gasteiger partial charge in [0.25, 0.3) is 0 Å². The molecule has 3 nitrogen and oxygen atoms in total. The van der Waals surface area contributed by atoms with Gasteiger partial charge in [0.15, 0.2) is 5.78 Å². The second kappa shape index (κ2) is 4.98. The molecule has 0 spiro atoms. The zero-order valence-corrected chi connectivity index (χ0v) is 12.3. The minimum atomic E-state index is -0.0294. The molecule has 0 amide bonds. The normalized spacial score (nSPS) is 16.9. The van der Waals surface area contributed by atoms with Gasteiger partial charge in [-0.1, -0.05) is 18.2 Å². The van der Waals surface area contributed by atoms with Crippen LogP contribution in [-0.2, 0) is 0 Å². The fraction of sp³-hybridized carbons (Fsp3) is 0.312. The molecule has 20 heavy (non-hydrogen) atoms. The molecule has 2 aromatic rings. The average Bonchev–Trinajstić information content (AvgIpc) is 2.99. The van der Waals surface area contributed by atoms with E-state index in [1.807, 2.05) is 38.1 Å². The lowest BCUT2D eigenvalue weighted by Crippen LogP contribution is -2.15. The number of alkyl halides is 1. The van der Waals surface area contributed by atoms with Crippen molar-refractivity contribution in [3.63, 3.8) is 0 Å². The molecule has 1 unspecified atom stereocenters. The van der Waals surface area contributed by atoms with E-state index >= 15 is 0 Å². The minimum absolute atomic E-state index is 0.0159. The third-order valence-corrected chi connectivity index (χ3v) is 4.14. The van der Waals surface area contributed by atoms with Gasteiger partial charge in [-0.2, -0.15) is 0 Å². The smallest absolute Gasteiger partial charge is 0.179 e. The van der Waals surface area contributed by atoms with Gasteiger partial charge in [-0.05, 0) is 26.0 Å². The highest BCUT2D eigenvalue weighted by Gasteiger charge is 2.28. The number of nitrogens with zero attached hydrogens (tertiary/aromatic N) is 1. The topological polar surface area (TPSA) is 31.2 Å². The summed E-state index contributed by atoms with van der Waals surface area (Å²) in [6.45, 7) is 4.58. The molecule has 2 heterocycles. The Bertz CT molecular complexity index is 675. The number of fused-ring (bicyclic) bond motifs is 1. The SMILES string of the molecule is Cc1cc(C(=O)CCl)c(C)n1C1COc2ccccc21. The van der Waals surface area contributed by atoms with E-state index in [2.05, 4.69) is 10.6 Å². The van der Waals surface area contributed by atoms with Crippen molar-refractivity contribution in [1.29, 1.82) is 0 Å². The third-order valence-electron chi connectivity index (χ3n) is 3.89. The number of benzene rings is 1. The van der Waals surface area contributed by atoms with Crippen molar-refractivity contribution in [2.45, 2.75) is 19.9 Å². The van der Waals surface area contributed by atoms with Gasteiger partial charge in [0.05, 0.1) is 11.9 Å². The van der Waals surface area contributed by atoms with Crippen LogP contribution < -0.4 is 4.74 Å². The number of ketones is 1. The van der Waals surface area contributed by atoms with Crippen LogP contribution in [0.1, 0.15) is 33.4 Å². The van der Waals surface area contributed by atoms with Crippen LogP contribution in [0.3, 0.4) is 0 Å². The van der Waals surface area contributed by atoms with Crippen LogP contribution in [0.4, 0.5) is 0 Å². The number of para-hydroxylation sites is 1. The van der Waals surface area contributed by atoms with E-state index in [1.54, 1.807) is 0 Å². The maximum absolute atomic E-state index is 11.9. The Labute approximate surface area is 123 Å². The largest absolute Gasteiger partial charge is 0.491 e. The van der Waals surface area contributed by atoms with Gasteiger partial charge in [-0.25, -0.2) is 0 Å². The quantitative estimate of drug-likeness (QED) is 0.639. The van der Waals surface area contributed by atoms with Gasteiger partial charge in [0, 0.05) is 22.5 Å². The summed E-state index contributed by atoms with van der Waals surface area (Å²) in [5.74, 6) is 0.913. The number of aromatic nitrogens is 1.